The Morgan fingerprint density at radius 1 is 1.26 bits per heavy atom. The Kier molecular flexibility index (Phi) is 6.05. The molecule has 0 saturated heterocycles. The Labute approximate surface area is 202 Å². The SMILES string of the molecule is CCN(C(=O)c1nc2cc(C#N)ccc2[nH]1)C1=CCCC(NCc2oc3ccccc3c2C#N)C1. The highest BCUT2D eigenvalue weighted by Crippen LogP contribution is 2.27. The number of nitriles is 2. The Balaban J connectivity index is 1.30. The maximum atomic E-state index is 13.3. The number of nitrogens with one attached hydrogen (secondary N) is 2. The summed E-state index contributed by atoms with van der Waals surface area (Å²) in [4.78, 5) is 22.6. The van der Waals surface area contributed by atoms with Crippen molar-refractivity contribution in [3.8, 4) is 12.1 Å². The Morgan fingerprint density at radius 3 is 2.91 bits per heavy atom. The smallest absolute Gasteiger partial charge is 0.293 e. The number of para-hydroxylation sites is 1. The van der Waals surface area contributed by atoms with Crippen molar-refractivity contribution < 1.29 is 9.21 Å². The van der Waals surface area contributed by atoms with Crippen LogP contribution in [0, 0.1) is 22.7 Å². The number of carbonyl (C=O) groups excluding carboxylic acids is 1. The highest BCUT2D eigenvalue weighted by molar-refractivity contribution is 5.95. The molecule has 2 N–H and O–H groups in total. The van der Waals surface area contributed by atoms with Gasteiger partial charge in [-0.2, -0.15) is 10.5 Å². The largest absolute Gasteiger partial charge is 0.458 e. The molecule has 0 aliphatic heterocycles. The fourth-order valence-corrected chi connectivity index (χ4v) is 4.65. The van der Waals surface area contributed by atoms with Crippen LogP contribution in [0.15, 0.2) is 58.7 Å². The molecule has 5 rings (SSSR count). The third-order valence-corrected chi connectivity index (χ3v) is 6.40. The number of furan rings is 1. The van der Waals surface area contributed by atoms with E-state index in [1.54, 1.807) is 23.1 Å². The molecule has 8 heteroatoms. The molecule has 174 valence electrons. The van der Waals surface area contributed by atoms with Gasteiger partial charge in [0, 0.05) is 30.1 Å². The van der Waals surface area contributed by atoms with E-state index < -0.39 is 0 Å². The van der Waals surface area contributed by atoms with Gasteiger partial charge in [-0.05, 0) is 50.1 Å². The summed E-state index contributed by atoms with van der Waals surface area (Å²) >= 11 is 0. The molecule has 35 heavy (non-hydrogen) atoms. The van der Waals surface area contributed by atoms with Gasteiger partial charge in [-0.25, -0.2) is 4.98 Å². The summed E-state index contributed by atoms with van der Waals surface area (Å²) in [6.45, 7) is 2.90. The molecule has 0 bridgehead atoms. The normalized spacial score (nSPS) is 15.5. The van der Waals surface area contributed by atoms with Crippen LogP contribution < -0.4 is 5.32 Å². The van der Waals surface area contributed by atoms with Crippen LogP contribution in [-0.4, -0.2) is 33.4 Å². The second-order valence-electron chi connectivity index (χ2n) is 8.54. The van der Waals surface area contributed by atoms with Gasteiger partial charge in [-0.1, -0.05) is 18.2 Å². The fourth-order valence-electron chi connectivity index (χ4n) is 4.65. The number of benzene rings is 2. The van der Waals surface area contributed by atoms with Crippen LogP contribution in [0.25, 0.3) is 22.0 Å². The Bertz CT molecular complexity index is 1530. The van der Waals surface area contributed by atoms with Crippen molar-refractivity contribution in [2.45, 2.75) is 38.8 Å². The summed E-state index contributed by atoms with van der Waals surface area (Å²) in [5.41, 5.74) is 4.04. The van der Waals surface area contributed by atoms with E-state index >= 15 is 0 Å². The molecular formula is C27H24N6O2. The number of amides is 1. The molecule has 1 aliphatic carbocycles. The van der Waals surface area contributed by atoms with Gasteiger partial charge in [-0.15, -0.1) is 0 Å². The summed E-state index contributed by atoms with van der Waals surface area (Å²) in [6, 6.07) is 17.2. The number of aromatic nitrogens is 2. The summed E-state index contributed by atoms with van der Waals surface area (Å²) < 4.78 is 5.92. The van der Waals surface area contributed by atoms with E-state index in [9.17, 15) is 10.1 Å². The summed E-state index contributed by atoms with van der Waals surface area (Å²) in [5, 5.41) is 23.1. The lowest BCUT2D eigenvalue weighted by molar-refractivity contribution is 0.0792. The number of imidazole rings is 1. The van der Waals surface area contributed by atoms with E-state index in [1.165, 1.54) is 0 Å². The zero-order chi connectivity index (χ0) is 24.4. The first kappa shape index (κ1) is 22.4. The standard InChI is InChI=1S/C27H24N6O2/c1-2-33(27(34)26-31-22-11-10-17(14-28)12-23(22)32-26)19-7-5-6-18(13-19)30-16-25-21(15-29)20-8-3-4-9-24(20)35-25/h3-4,7-12,18,30H,2,5-6,13,16H2,1H3,(H,31,32). The lowest BCUT2D eigenvalue weighted by atomic mass is 9.97. The molecule has 0 saturated carbocycles. The molecule has 8 nitrogen and oxygen atoms in total. The number of nitrogens with zero attached hydrogens (tertiary/aromatic N) is 4. The van der Waals surface area contributed by atoms with Gasteiger partial charge in [0.05, 0.1) is 29.2 Å². The van der Waals surface area contributed by atoms with Gasteiger partial charge >= 0.3 is 0 Å². The lowest BCUT2D eigenvalue weighted by Crippen LogP contribution is -2.37. The molecule has 1 unspecified atom stereocenters. The minimum Gasteiger partial charge on any atom is -0.458 e. The second-order valence-corrected chi connectivity index (χ2v) is 8.54. The number of H-pyrrole nitrogens is 1. The lowest BCUT2D eigenvalue weighted by Gasteiger charge is -2.30. The van der Waals surface area contributed by atoms with Crippen molar-refractivity contribution >= 4 is 27.9 Å². The molecule has 1 aliphatic rings. The van der Waals surface area contributed by atoms with E-state index in [0.29, 0.717) is 47.5 Å². The van der Waals surface area contributed by atoms with E-state index in [-0.39, 0.29) is 17.8 Å². The summed E-state index contributed by atoms with van der Waals surface area (Å²) in [5.74, 6) is 0.694. The van der Waals surface area contributed by atoms with Gasteiger partial charge in [0.2, 0.25) is 0 Å². The molecular weight excluding hydrogens is 440 g/mol. The quantitative estimate of drug-likeness (QED) is 0.425. The zero-order valence-corrected chi connectivity index (χ0v) is 19.3. The first-order valence-electron chi connectivity index (χ1n) is 11.7. The first-order valence-corrected chi connectivity index (χ1v) is 11.7. The topological polar surface area (TPSA) is 122 Å². The van der Waals surface area contributed by atoms with Gasteiger partial charge in [-0.3, -0.25) is 4.79 Å². The van der Waals surface area contributed by atoms with Crippen LogP contribution in [0.3, 0.4) is 0 Å². The summed E-state index contributed by atoms with van der Waals surface area (Å²) in [6.07, 6.45) is 4.56. The third kappa shape index (κ3) is 4.28. The number of carbonyl (C=O) groups is 1. The van der Waals surface area contributed by atoms with Crippen LogP contribution in [0.1, 0.15) is 53.7 Å². The molecule has 1 amide bonds. The van der Waals surface area contributed by atoms with Gasteiger partial charge < -0.3 is 19.6 Å². The van der Waals surface area contributed by atoms with E-state index in [4.69, 9.17) is 9.68 Å². The maximum Gasteiger partial charge on any atom is 0.293 e. The summed E-state index contributed by atoms with van der Waals surface area (Å²) in [7, 11) is 0. The third-order valence-electron chi connectivity index (χ3n) is 6.40. The van der Waals surface area contributed by atoms with Crippen LogP contribution in [0.2, 0.25) is 0 Å². The highest BCUT2D eigenvalue weighted by Gasteiger charge is 2.26. The van der Waals surface area contributed by atoms with E-state index in [1.807, 2.05) is 31.2 Å². The predicted octanol–water partition coefficient (Wildman–Crippen LogP) is 4.74. The van der Waals surface area contributed by atoms with Gasteiger partial charge in [0.25, 0.3) is 5.91 Å². The number of fused-ring (bicyclic) bond motifs is 2. The monoisotopic (exact) mass is 464 g/mol. The number of hydrogen-bond donors (Lipinski definition) is 2. The average Bonchev–Trinajstić information content (AvgIpc) is 3.48. The molecule has 2 heterocycles. The average molecular weight is 465 g/mol. The highest BCUT2D eigenvalue weighted by atomic mass is 16.3. The Morgan fingerprint density at radius 2 is 2.11 bits per heavy atom. The van der Waals surface area contributed by atoms with Crippen molar-refractivity contribution in [3.05, 3.63) is 76.9 Å². The van der Waals surface area contributed by atoms with E-state index in [2.05, 4.69) is 33.5 Å². The minimum atomic E-state index is -0.196. The fraction of sp³-hybridized carbons (Fsp3) is 0.259. The van der Waals surface area contributed by atoms with Crippen molar-refractivity contribution in [1.82, 2.24) is 20.2 Å². The number of hydrogen-bond acceptors (Lipinski definition) is 6. The van der Waals surface area contributed by atoms with Crippen molar-refractivity contribution in [2.24, 2.45) is 0 Å². The zero-order valence-electron chi connectivity index (χ0n) is 19.3. The Hall–Kier alpha value is -4.40. The molecule has 4 aromatic rings. The second kappa shape index (κ2) is 9.46. The van der Waals surface area contributed by atoms with E-state index in [0.717, 1.165) is 29.4 Å². The molecule has 2 aromatic heterocycles. The predicted molar refractivity (Wildman–Crippen MR) is 131 cm³/mol. The van der Waals surface area contributed by atoms with Crippen molar-refractivity contribution in [2.75, 3.05) is 6.54 Å². The minimum absolute atomic E-state index is 0.144. The van der Waals surface area contributed by atoms with Crippen molar-refractivity contribution in [1.29, 1.82) is 10.5 Å². The molecule has 0 spiro atoms. The molecule has 2 aromatic carbocycles. The van der Waals surface area contributed by atoms with Crippen LogP contribution in [0.4, 0.5) is 0 Å². The molecule has 0 radical (unpaired) electrons. The number of rotatable bonds is 6. The van der Waals surface area contributed by atoms with Gasteiger partial charge in [0.1, 0.15) is 23.0 Å². The van der Waals surface area contributed by atoms with Gasteiger partial charge in [0.15, 0.2) is 5.82 Å². The van der Waals surface area contributed by atoms with Crippen molar-refractivity contribution in [3.63, 3.8) is 0 Å². The first-order chi connectivity index (χ1) is 17.1. The number of allylic oxidation sites excluding steroid dienone is 1. The molecule has 1 atom stereocenters. The maximum absolute atomic E-state index is 13.3. The van der Waals surface area contributed by atoms with Crippen LogP contribution >= 0.6 is 0 Å². The molecule has 0 fully saturated rings. The van der Waals surface area contributed by atoms with Crippen LogP contribution in [0.5, 0.6) is 0 Å². The van der Waals surface area contributed by atoms with Crippen LogP contribution in [-0.2, 0) is 6.54 Å². The number of aromatic amines is 1.